The zero-order valence-electron chi connectivity index (χ0n) is 6.98. The highest BCUT2D eigenvalue weighted by Crippen LogP contribution is 2.23. The van der Waals surface area contributed by atoms with Crippen LogP contribution in [0.15, 0.2) is 17.0 Å². The zero-order chi connectivity index (χ0) is 10.2. The van der Waals surface area contributed by atoms with Gasteiger partial charge in [0.05, 0.1) is 16.3 Å². The highest BCUT2D eigenvalue weighted by atomic mass is 32.2. The fourth-order valence-corrected chi connectivity index (χ4v) is 1.75. The van der Waals surface area contributed by atoms with Crippen LogP contribution in [0.25, 0.3) is 0 Å². The molecule has 1 aromatic carbocycles. The lowest BCUT2D eigenvalue weighted by Gasteiger charge is -2.05. The minimum Gasteiger partial charge on any atom is -0.397 e. The van der Waals surface area contributed by atoms with Gasteiger partial charge < -0.3 is 11.5 Å². The first kappa shape index (κ1) is 9.82. The van der Waals surface area contributed by atoms with E-state index >= 15 is 0 Å². The molecule has 0 aliphatic carbocycles. The molecule has 6 heteroatoms. The van der Waals surface area contributed by atoms with Crippen molar-refractivity contribution >= 4 is 21.5 Å². The quantitative estimate of drug-likeness (QED) is 0.451. The molecule has 0 bridgehead atoms. The lowest BCUT2D eigenvalue weighted by molar-refractivity contribution is 0.482. The smallest absolute Gasteiger partial charge is 0.294 e. The number of benzene rings is 1. The average Bonchev–Trinajstić information content (AvgIpc) is 1.94. The van der Waals surface area contributed by atoms with Crippen LogP contribution in [0.1, 0.15) is 5.56 Å². The van der Waals surface area contributed by atoms with Crippen molar-refractivity contribution in [3.8, 4) is 0 Å². The number of nitrogens with two attached hydrogens (primary N) is 2. The molecular weight excluding hydrogens is 192 g/mol. The van der Waals surface area contributed by atoms with Gasteiger partial charge in [-0.3, -0.25) is 4.55 Å². The van der Waals surface area contributed by atoms with Gasteiger partial charge in [0.2, 0.25) is 0 Å². The second-order valence-electron chi connectivity index (χ2n) is 2.72. The van der Waals surface area contributed by atoms with Crippen LogP contribution in [-0.4, -0.2) is 13.0 Å². The Morgan fingerprint density at radius 3 is 2.15 bits per heavy atom. The maximum atomic E-state index is 10.8. The van der Waals surface area contributed by atoms with Crippen LogP contribution in [0, 0.1) is 6.92 Å². The number of hydrogen-bond acceptors (Lipinski definition) is 4. The maximum Gasteiger partial charge on any atom is 0.294 e. The molecule has 0 unspecified atom stereocenters. The summed E-state index contributed by atoms with van der Waals surface area (Å²) in [5.74, 6) is 0. The van der Waals surface area contributed by atoms with Crippen LogP contribution in [0.5, 0.6) is 0 Å². The second-order valence-corrected chi connectivity index (χ2v) is 4.11. The largest absolute Gasteiger partial charge is 0.397 e. The average molecular weight is 202 g/mol. The SMILES string of the molecule is Cc1cc(N)c(N)cc1S(=O)(=O)O. The van der Waals surface area contributed by atoms with E-state index in [9.17, 15) is 8.42 Å². The molecule has 0 atom stereocenters. The molecule has 0 fully saturated rings. The van der Waals surface area contributed by atoms with E-state index in [4.69, 9.17) is 16.0 Å². The van der Waals surface area contributed by atoms with E-state index in [2.05, 4.69) is 0 Å². The minimum absolute atomic E-state index is 0.137. The third kappa shape index (κ3) is 1.90. The molecule has 5 N–H and O–H groups in total. The summed E-state index contributed by atoms with van der Waals surface area (Å²) in [4.78, 5) is -0.209. The Bertz CT molecular complexity index is 439. The first-order valence-electron chi connectivity index (χ1n) is 3.45. The standard InChI is InChI=1S/C7H10N2O3S/c1-4-2-5(8)6(9)3-7(4)13(10,11)12/h2-3H,8-9H2,1H3,(H,10,11,12). The van der Waals surface area contributed by atoms with Crippen molar-refractivity contribution in [3.05, 3.63) is 17.7 Å². The topological polar surface area (TPSA) is 106 Å². The van der Waals surface area contributed by atoms with Gasteiger partial charge in [0.15, 0.2) is 0 Å². The number of nitrogen functional groups attached to an aromatic ring is 2. The highest BCUT2D eigenvalue weighted by Gasteiger charge is 2.14. The minimum atomic E-state index is -4.21. The van der Waals surface area contributed by atoms with Crippen LogP contribution in [0.2, 0.25) is 0 Å². The summed E-state index contributed by atoms with van der Waals surface area (Å²) in [6, 6.07) is 2.54. The van der Waals surface area contributed by atoms with Crippen LogP contribution < -0.4 is 11.5 Å². The molecule has 0 saturated carbocycles. The molecule has 0 aliphatic heterocycles. The third-order valence-corrected chi connectivity index (χ3v) is 2.65. The van der Waals surface area contributed by atoms with Gasteiger partial charge in [0.1, 0.15) is 0 Å². The van der Waals surface area contributed by atoms with Crippen molar-refractivity contribution in [1.29, 1.82) is 0 Å². The summed E-state index contributed by atoms with van der Waals surface area (Å²) in [5, 5.41) is 0. The molecule has 0 aromatic heterocycles. The number of hydrogen-bond donors (Lipinski definition) is 3. The molecule has 0 spiro atoms. The number of aryl methyl sites for hydroxylation is 1. The van der Waals surface area contributed by atoms with E-state index in [1.165, 1.54) is 13.0 Å². The van der Waals surface area contributed by atoms with Crippen molar-refractivity contribution < 1.29 is 13.0 Å². The van der Waals surface area contributed by atoms with Crippen molar-refractivity contribution in [2.24, 2.45) is 0 Å². The summed E-state index contributed by atoms with van der Waals surface area (Å²) >= 11 is 0. The van der Waals surface area contributed by atoms with E-state index in [0.29, 0.717) is 11.3 Å². The Balaban J connectivity index is 3.50. The van der Waals surface area contributed by atoms with Gasteiger partial charge in [-0.15, -0.1) is 0 Å². The first-order valence-corrected chi connectivity index (χ1v) is 4.89. The number of anilines is 2. The second kappa shape index (κ2) is 2.90. The van der Waals surface area contributed by atoms with Gasteiger partial charge in [0.25, 0.3) is 10.1 Å². The maximum absolute atomic E-state index is 10.8. The van der Waals surface area contributed by atoms with Crippen LogP contribution in [0.3, 0.4) is 0 Å². The third-order valence-electron chi connectivity index (χ3n) is 1.66. The van der Waals surface area contributed by atoms with Crippen LogP contribution in [-0.2, 0) is 10.1 Å². The van der Waals surface area contributed by atoms with Crippen molar-refractivity contribution in [2.75, 3.05) is 11.5 Å². The summed E-state index contributed by atoms with van der Waals surface area (Å²) in [5.41, 5.74) is 11.6. The summed E-state index contributed by atoms with van der Waals surface area (Å²) < 4.78 is 30.3. The van der Waals surface area contributed by atoms with Gasteiger partial charge in [-0.25, -0.2) is 0 Å². The van der Waals surface area contributed by atoms with Crippen LogP contribution >= 0.6 is 0 Å². The van der Waals surface area contributed by atoms with Gasteiger partial charge in [-0.2, -0.15) is 8.42 Å². The van der Waals surface area contributed by atoms with Gasteiger partial charge >= 0.3 is 0 Å². The summed E-state index contributed by atoms with van der Waals surface area (Å²) in [6.07, 6.45) is 0. The summed E-state index contributed by atoms with van der Waals surface area (Å²) in [7, 11) is -4.21. The fraction of sp³-hybridized carbons (Fsp3) is 0.143. The van der Waals surface area contributed by atoms with Gasteiger partial charge in [-0.05, 0) is 24.6 Å². The Morgan fingerprint density at radius 1 is 1.23 bits per heavy atom. The predicted octanol–water partition coefficient (Wildman–Crippen LogP) is 0.406. The highest BCUT2D eigenvalue weighted by molar-refractivity contribution is 7.85. The van der Waals surface area contributed by atoms with Crippen molar-refractivity contribution in [2.45, 2.75) is 11.8 Å². The molecule has 0 aliphatic rings. The van der Waals surface area contributed by atoms with Gasteiger partial charge in [-0.1, -0.05) is 0 Å². The van der Waals surface area contributed by atoms with Crippen molar-refractivity contribution in [1.82, 2.24) is 0 Å². The Kier molecular flexibility index (Phi) is 2.19. The molecule has 1 aromatic rings. The molecule has 0 amide bonds. The molecule has 1 rings (SSSR count). The summed E-state index contributed by atoms with van der Waals surface area (Å²) in [6.45, 7) is 1.53. The zero-order valence-corrected chi connectivity index (χ0v) is 7.80. The molecular formula is C7H10N2O3S. The molecule has 0 saturated heterocycles. The van der Waals surface area contributed by atoms with E-state index < -0.39 is 10.1 Å². The monoisotopic (exact) mass is 202 g/mol. The van der Waals surface area contributed by atoms with Gasteiger partial charge in [0, 0.05) is 0 Å². The molecule has 0 heterocycles. The Labute approximate surface area is 76.1 Å². The normalized spacial score (nSPS) is 11.5. The van der Waals surface area contributed by atoms with Crippen LogP contribution in [0.4, 0.5) is 11.4 Å². The van der Waals surface area contributed by atoms with E-state index in [1.807, 2.05) is 0 Å². The van der Waals surface area contributed by atoms with E-state index in [-0.39, 0.29) is 10.6 Å². The lowest BCUT2D eigenvalue weighted by Crippen LogP contribution is -2.04. The molecule has 13 heavy (non-hydrogen) atoms. The number of rotatable bonds is 1. The molecule has 0 radical (unpaired) electrons. The van der Waals surface area contributed by atoms with E-state index in [1.54, 1.807) is 0 Å². The van der Waals surface area contributed by atoms with E-state index in [0.717, 1.165) is 6.07 Å². The fourth-order valence-electron chi connectivity index (χ4n) is 1.00. The Morgan fingerprint density at radius 2 is 1.69 bits per heavy atom. The Hall–Kier alpha value is -1.27. The molecule has 5 nitrogen and oxygen atoms in total. The lowest BCUT2D eigenvalue weighted by atomic mass is 10.2. The predicted molar refractivity (Wildman–Crippen MR) is 49.8 cm³/mol. The van der Waals surface area contributed by atoms with Crippen molar-refractivity contribution in [3.63, 3.8) is 0 Å². The first-order chi connectivity index (χ1) is 5.82. The molecule has 72 valence electrons.